The van der Waals surface area contributed by atoms with Crippen molar-refractivity contribution in [3.63, 3.8) is 0 Å². The molecule has 0 spiro atoms. The number of hydrogen-bond donors (Lipinski definition) is 2. The van der Waals surface area contributed by atoms with Crippen molar-refractivity contribution in [2.24, 2.45) is 0 Å². The Kier molecular flexibility index (Phi) is 5.57. The second-order valence-electron chi connectivity index (χ2n) is 4.68. The molecule has 120 valence electrons. The molecule has 0 unspecified atom stereocenters. The van der Waals surface area contributed by atoms with Crippen LogP contribution in [-0.4, -0.2) is 25.1 Å². The first-order valence-corrected chi connectivity index (χ1v) is 7.14. The lowest BCUT2D eigenvalue weighted by Crippen LogP contribution is -2.21. The third-order valence-corrected chi connectivity index (χ3v) is 2.94. The van der Waals surface area contributed by atoms with Crippen LogP contribution in [0.3, 0.4) is 0 Å². The molecule has 0 aromatic heterocycles. The maximum absolute atomic E-state index is 11.9. The van der Waals surface area contributed by atoms with E-state index < -0.39 is 11.9 Å². The quantitative estimate of drug-likeness (QED) is 0.631. The summed E-state index contributed by atoms with van der Waals surface area (Å²) in [6.45, 7) is 1.95. The minimum Gasteiger partial charge on any atom is -0.492 e. The number of hydrogen-bond acceptors (Lipinski definition) is 5. The predicted octanol–water partition coefficient (Wildman–Crippen LogP) is 2.46. The maximum Gasteiger partial charge on any atom is 0.338 e. The smallest absolute Gasteiger partial charge is 0.338 e. The zero-order valence-corrected chi connectivity index (χ0v) is 12.7. The van der Waals surface area contributed by atoms with Gasteiger partial charge in [0.2, 0.25) is 0 Å². The van der Waals surface area contributed by atoms with Gasteiger partial charge < -0.3 is 20.5 Å². The lowest BCUT2D eigenvalue weighted by molar-refractivity contribution is -0.119. The molecule has 0 saturated carbocycles. The number of anilines is 2. The van der Waals surface area contributed by atoms with E-state index in [2.05, 4.69) is 5.32 Å². The minimum absolute atomic E-state index is 0.335. The van der Waals surface area contributed by atoms with Gasteiger partial charge in [-0.15, -0.1) is 0 Å². The number of rotatable bonds is 6. The van der Waals surface area contributed by atoms with Crippen LogP contribution in [0.4, 0.5) is 11.4 Å². The van der Waals surface area contributed by atoms with E-state index in [1.807, 2.05) is 13.0 Å². The summed E-state index contributed by atoms with van der Waals surface area (Å²) in [5, 5.41) is 2.65. The lowest BCUT2D eigenvalue weighted by atomic mass is 10.2. The zero-order chi connectivity index (χ0) is 16.7. The van der Waals surface area contributed by atoms with E-state index in [-0.39, 0.29) is 6.61 Å². The van der Waals surface area contributed by atoms with Crippen molar-refractivity contribution in [3.8, 4) is 5.75 Å². The van der Waals surface area contributed by atoms with Gasteiger partial charge in [0.25, 0.3) is 5.91 Å². The van der Waals surface area contributed by atoms with Gasteiger partial charge in [-0.3, -0.25) is 4.79 Å². The molecule has 0 fully saturated rings. The number of carbonyl (C=O) groups is 2. The number of esters is 1. The van der Waals surface area contributed by atoms with Gasteiger partial charge in [0.15, 0.2) is 6.61 Å². The van der Waals surface area contributed by atoms with Gasteiger partial charge in [0.1, 0.15) is 5.75 Å². The topological polar surface area (TPSA) is 90.6 Å². The van der Waals surface area contributed by atoms with Crippen molar-refractivity contribution < 1.29 is 19.1 Å². The Morgan fingerprint density at radius 2 is 1.78 bits per heavy atom. The van der Waals surface area contributed by atoms with Crippen LogP contribution in [0.2, 0.25) is 0 Å². The molecule has 6 nitrogen and oxygen atoms in total. The summed E-state index contributed by atoms with van der Waals surface area (Å²) in [6.07, 6.45) is 0. The fourth-order valence-electron chi connectivity index (χ4n) is 1.87. The molecule has 0 radical (unpaired) electrons. The Labute approximate surface area is 134 Å². The first-order chi connectivity index (χ1) is 11.1. The van der Waals surface area contributed by atoms with Gasteiger partial charge >= 0.3 is 5.97 Å². The number of benzene rings is 2. The van der Waals surface area contributed by atoms with Crippen LogP contribution in [0, 0.1) is 0 Å². The van der Waals surface area contributed by atoms with E-state index >= 15 is 0 Å². The molecule has 0 aliphatic rings. The van der Waals surface area contributed by atoms with E-state index in [1.54, 1.807) is 42.5 Å². The highest BCUT2D eigenvalue weighted by Crippen LogP contribution is 2.23. The predicted molar refractivity (Wildman–Crippen MR) is 87.4 cm³/mol. The van der Waals surface area contributed by atoms with Gasteiger partial charge in [-0.2, -0.15) is 0 Å². The largest absolute Gasteiger partial charge is 0.492 e. The fourth-order valence-corrected chi connectivity index (χ4v) is 1.87. The average molecular weight is 314 g/mol. The van der Waals surface area contributed by atoms with E-state index in [1.165, 1.54) is 0 Å². The van der Waals surface area contributed by atoms with Crippen LogP contribution in [0.25, 0.3) is 0 Å². The van der Waals surface area contributed by atoms with Crippen molar-refractivity contribution >= 4 is 23.3 Å². The van der Waals surface area contributed by atoms with E-state index in [9.17, 15) is 9.59 Å². The highest BCUT2D eigenvalue weighted by Gasteiger charge is 2.12. The summed E-state index contributed by atoms with van der Waals surface area (Å²) < 4.78 is 10.4. The molecule has 1 amide bonds. The summed E-state index contributed by atoms with van der Waals surface area (Å²) >= 11 is 0. The molecule has 2 rings (SSSR count). The number of para-hydroxylation sites is 2. The van der Waals surface area contributed by atoms with Crippen LogP contribution < -0.4 is 15.8 Å². The van der Waals surface area contributed by atoms with Gasteiger partial charge in [-0.05, 0) is 43.3 Å². The van der Waals surface area contributed by atoms with Crippen LogP contribution in [0.15, 0.2) is 48.5 Å². The van der Waals surface area contributed by atoms with Crippen LogP contribution >= 0.6 is 0 Å². The van der Waals surface area contributed by atoms with Crippen molar-refractivity contribution in [1.82, 2.24) is 0 Å². The molecule has 0 aliphatic carbocycles. The van der Waals surface area contributed by atoms with E-state index in [0.717, 1.165) is 0 Å². The van der Waals surface area contributed by atoms with Crippen LogP contribution in [0.5, 0.6) is 5.75 Å². The highest BCUT2D eigenvalue weighted by atomic mass is 16.5. The fraction of sp³-hybridized carbons (Fsp3) is 0.176. The summed E-state index contributed by atoms with van der Waals surface area (Å²) in [5.41, 5.74) is 6.96. The molecule has 2 aromatic rings. The molecular weight excluding hydrogens is 296 g/mol. The number of carbonyl (C=O) groups excluding carboxylic acids is 2. The molecule has 23 heavy (non-hydrogen) atoms. The molecule has 3 N–H and O–H groups in total. The number of nitrogens with two attached hydrogens (primary N) is 1. The molecule has 0 saturated heterocycles. The highest BCUT2D eigenvalue weighted by molar-refractivity contribution is 5.96. The van der Waals surface area contributed by atoms with E-state index in [0.29, 0.717) is 29.3 Å². The average Bonchev–Trinajstić information content (AvgIpc) is 2.55. The van der Waals surface area contributed by atoms with Gasteiger partial charge in [-0.25, -0.2) is 4.79 Å². The normalized spacial score (nSPS) is 9.96. The first kappa shape index (κ1) is 16.4. The van der Waals surface area contributed by atoms with Crippen molar-refractivity contribution in [1.29, 1.82) is 0 Å². The second kappa shape index (κ2) is 7.84. The molecule has 2 aromatic carbocycles. The Balaban J connectivity index is 1.90. The molecular formula is C17H18N2O4. The van der Waals surface area contributed by atoms with Gasteiger partial charge in [0, 0.05) is 5.69 Å². The Hall–Kier alpha value is -3.02. The van der Waals surface area contributed by atoms with E-state index in [4.69, 9.17) is 15.2 Å². The number of nitrogen functional groups attached to an aromatic ring is 1. The number of ether oxygens (including phenoxy) is 2. The number of amides is 1. The summed E-state index contributed by atoms with van der Waals surface area (Å²) in [5.74, 6) is -0.465. The molecule has 6 heteroatoms. The maximum atomic E-state index is 11.9. The molecule has 0 heterocycles. The number of nitrogens with one attached hydrogen (secondary N) is 1. The van der Waals surface area contributed by atoms with Gasteiger partial charge in [0.05, 0.1) is 17.9 Å². The van der Waals surface area contributed by atoms with Gasteiger partial charge in [-0.1, -0.05) is 12.1 Å². The van der Waals surface area contributed by atoms with Crippen LogP contribution in [0.1, 0.15) is 17.3 Å². The second-order valence-corrected chi connectivity index (χ2v) is 4.68. The summed E-state index contributed by atoms with van der Waals surface area (Å²) in [6, 6.07) is 13.3. The monoisotopic (exact) mass is 314 g/mol. The SMILES string of the molecule is CCOc1ccccc1NC(=O)COC(=O)c1ccc(N)cc1. The third kappa shape index (κ3) is 4.74. The van der Waals surface area contributed by atoms with Crippen molar-refractivity contribution in [2.45, 2.75) is 6.92 Å². The Morgan fingerprint density at radius 1 is 1.09 bits per heavy atom. The summed E-state index contributed by atoms with van der Waals surface area (Å²) in [7, 11) is 0. The van der Waals surface area contributed by atoms with Crippen molar-refractivity contribution in [3.05, 3.63) is 54.1 Å². The Bertz CT molecular complexity index is 683. The molecule has 0 aliphatic heterocycles. The summed E-state index contributed by atoms with van der Waals surface area (Å²) in [4.78, 5) is 23.7. The first-order valence-electron chi connectivity index (χ1n) is 7.14. The van der Waals surface area contributed by atoms with Crippen LogP contribution in [-0.2, 0) is 9.53 Å². The lowest BCUT2D eigenvalue weighted by Gasteiger charge is -2.11. The zero-order valence-electron chi connectivity index (χ0n) is 12.7. The molecule has 0 bridgehead atoms. The third-order valence-electron chi connectivity index (χ3n) is 2.94. The Morgan fingerprint density at radius 3 is 2.48 bits per heavy atom. The standard InChI is InChI=1S/C17H18N2O4/c1-2-22-15-6-4-3-5-14(15)19-16(20)11-23-17(21)12-7-9-13(18)10-8-12/h3-10H,2,11,18H2,1H3,(H,19,20). The molecule has 0 atom stereocenters. The minimum atomic E-state index is -0.585. The van der Waals surface area contributed by atoms with Crippen molar-refractivity contribution in [2.75, 3.05) is 24.3 Å².